The lowest BCUT2D eigenvalue weighted by Crippen LogP contribution is -2.09. The highest BCUT2D eigenvalue weighted by molar-refractivity contribution is 6.31. The number of anilines is 1. The minimum Gasteiger partial charge on any atom is -0.377 e. The van der Waals surface area contributed by atoms with E-state index in [0.717, 1.165) is 46.5 Å². The Balaban J connectivity index is 1.53. The maximum atomic E-state index is 6.26. The molecule has 1 N–H and O–H groups in total. The predicted molar refractivity (Wildman–Crippen MR) is 120 cm³/mol. The molecule has 0 saturated heterocycles. The van der Waals surface area contributed by atoms with Gasteiger partial charge in [-0.05, 0) is 61.6 Å². The van der Waals surface area contributed by atoms with Crippen LogP contribution in [-0.2, 0) is 19.5 Å². The molecule has 0 fully saturated rings. The van der Waals surface area contributed by atoms with Crippen molar-refractivity contribution >= 4 is 34.5 Å². The maximum absolute atomic E-state index is 6.26. The zero-order chi connectivity index (χ0) is 20.0. The normalized spacial score (nSPS) is 13.6. The van der Waals surface area contributed by atoms with Gasteiger partial charge in [-0.25, -0.2) is 4.52 Å². The number of hydrogen-bond acceptors (Lipinski definition) is 2. The molecule has 2 aromatic heterocycles. The summed E-state index contributed by atoms with van der Waals surface area (Å²) in [6.07, 6.45) is 5.57. The monoisotopic (exact) mass is 424 g/mol. The van der Waals surface area contributed by atoms with Crippen molar-refractivity contribution in [3.8, 4) is 11.1 Å². The van der Waals surface area contributed by atoms with Gasteiger partial charge in [-0.2, -0.15) is 5.10 Å². The fraction of sp³-hybridized carbons (Fsp3) is 0.261. The van der Waals surface area contributed by atoms with Gasteiger partial charge >= 0.3 is 0 Å². The standard InChI is InChI=1S/C23H22Cl2N4/c1-15-20(25)6-4-7-21(15)26-13-22-27-29-14-19(16-8-10-17(24)11-9-16)18-5-2-3-12-28(22)23(18)29/h4,6-11,14,26H,2-3,5,12-13H2,1H3. The fourth-order valence-corrected chi connectivity index (χ4v) is 4.52. The molecular formula is C23H22Cl2N4. The van der Waals surface area contributed by atoms with Gasteiger partial charge in [-0.1, -0.05) is 41.4 Å². The minimum atomic E-state index is 0.665. The molecule has 0 amide bonds. The third-order valence-corrected chi connectivity index (χ3v) is 6.43. The number of aromatic nitrogens is 3. The highest BCUT2D eigenvalue weighted by atomic mass is 35.5. The summed E-state index contributed by atoms with van der Waals surface area (Å²) in [7, 11) is 0. The molecule has 0 unspecified atom stereocenters. The number of aryl methyl sites for hydroxylation is 2. The van der Waals surface area contributed by atoms with Crippen molar-refractivity contribution in [2.45, 2.75) is 39.3 Å². The lowest BCUT2D eigenvalue weighted by Gasteiger charge is -2.11. The van der Waals surface area contributed by atoms with Crippen LogP contribution in [0.5, 0.6) is 0 Å². The van der Waals surface area contributed by atoms with E-state index in [2.05, 4.69) is 34.3 Å². The van der Waals surface area contributed by atoms with Crippen LogP contribution in [0.25, 0.3) is 16.8 Å². The van der Waals surface area contributed by atoms with Gasteiger partial charge < -0.3 is 9.88 Å². The summed E-state index contributed by atoms with van der Waals surface area (Å²) < 4.78 is 4.42. The first-order valence-corrected chi connectivity index (χ1v) is 10.7. The van der Waals surface area contributed by atoms with E-state index in [9.17, 15) is 0 Å². The van der Waals surface area contributed by atoms with Crippen molar-refractivity contribution in [2.24, 2.45) is 0 Å². The molecule has 4 aromatic rings. The highest BCUT2D eigenvalue weighted by Crippen LogP contribution is 2.33. The number of benzene rings is 2. The molecule has 0 aliphatic carbocycles. The summed E-state index contributed by atoms with van der Waals surface area (Å²) in [6, 6.07) is 14.0. The van der Waals surface area contributed by atoms with Gasteiger partial charge in [-0.3, -0.25) is 0 Å². The summed E-state index contributed by atoms with van der Waals surface area (Å²) in [5.41, 5.74) is 7.15. The average Bonchev–Trinajstić information content (AvgIpc) is 3.13. The molecule has 0 bridgehead atoms. The van der Waals surface area contributed by atoms with Crippen LogP contribution in [0.15, 0.2) is 48.7 Å². The molecule has 0 saturated carbocycles. The van der Waals surface area contributed by atoms with Crippen molar-refractivity contribution in [1.82, 2.24) is 14.2 Å². The largest absolute Gasteiger partial charge is 0.377 e. The van der Waals surface area contributed by atoms with E-state index >= 15 is 0 Å². The first-order valence-electron chi connectivity index (χ1n) is 9.96. The van der Waals surface area contributed by atoms with Gasteiger partial charge in [0.25, 0.3) is 0 Å². The van der Waals surface area contributed by atoms with Gasteiger partial charge in [0, 0.05) is 39.6 Å². The van der Waals surface area contributed by atoms with E-state index in [0.29, 0.717) is 6.54 Å². The number of rotatable bonds is 4. The van der Waals surface area contributed by atoms with Crippen LogP contribution >= 0.6 is 23.2 Å². The number of hydrogen-bond donors (Lipinski definition) is 1. The zero-order valence-corrected chi connectivity index (χ0v) is 17.8. The maximum Gasteiger partial charge on any atom is 0.150 e. The second kappa shape index (κ2) is 7.43. The molecular weight excluding hydrogens is 403 g/mol. The molecule has 1 aliphatic heterocycles. The Bertz CT molecular complexity index is 1190. The third kappa shape index (κ3) is 3.30. The molecule has 148 valence electrons. The molecule has 0 spiro atoms. The Morgan fingerprint density at radius 1 is 1.07 bits per heavy atom. The quantitative estimate of drug-likeness (QED) is 0.413. The molecule has 6 heteroatoms. The smallest absolute Gasteiger partial charge is 0.150 e. The van der Waals surface area contributed by atoms with Gasteiger partial charge in [-0.15, -0.1) is 0 Å². The molecule has 0 radical (unpaired) electrons. The SMILES string of the molecule is Cc1c(Cl)cccc1NCc1nn2cc(-c3ccc(Cl)cc3)c3c2n1CCCC3. The fourth-order valence-electron chi connectivity index (χ4n) is 4.22. The molecule has 29 heavy (non-hydrogen) atoms. The van der Waals surface area contributed by atoms with E-state index in [-0.39, 0.29) is 0 Å². The Kier molecular flexibility index (Phi) is 4.76. The second-order valence-corrected chi connectivity index (χ2v) is 8.43. The van der Waals surface area contributed by atoms with E-state index in [1.165, 1.54) is 28.8 Å². The summed E-state index contributed by atoms with van der Waals surface area (Å²) in [6.45, 7) is 3.69. The van der Waals surface area contributed by atoms with Crippen LogP contribution in [0.4, 0.5) is 5.69 Å². The van der Waals surface area contributed by atoms with Gasteiger partial charge in [0.2, 0.25) is 0 Å². The Morgan fingerprint density at radius 3 is 2.72 bits per heavy atom. The van der Waals surface area contributed by atoms with Crippen molar-refractivity contribution < 1.29 is 0 Å². The number of nitrogens with zero attached hydrogens (tertiary/aromatic N) is 3. The molecule has 4 nitrogen and oxygen atoms in total. The van der Waals surface area contributed by atoms with Crippen molar-refractivity contribution in [2.75, 3.05) is 5.32 Å². The lowest BCUT2D eigenvalue weighted by molar-refractivity contribution is 0.619. The summed E-state index contributed by atoms with van der Waals surface area (Å²) in [4.78, 5) is 0. The van der Waals surface area contributed by atoms with E-state index in [1.54, 1.807) is 0 Å². The summed E-state index contributed by atoms with van der Waals surface area (Å²) in [5.74, 6) is 1.05. The number of halogens is 2. The summed E-state index contributed by atoms with van der Waals surface area (Å²) in [5, 5.41) is 9.97. The predicted octanol–water partition coefficient (Wildman–Crippen LogP) is 6.37. The topological polar surface area (TPSA) is 34.3 Å². The molecule has 2 aromatic carbocycles. The molecule has 0 atom stereocenters. The third-order valence-electron chi connectivity index (χ3n) is 5.77. The van der Waals surface area contributed by atoms with E-state index in [1.807, 2.05) is 35.7 Å². The van der Waals surface area contributed by atoms with Crippen LogP contribution in [0, 0.1) is 6.92 Å². The van der Waals surface area contributed by atoms with Gasteiger partial charge in [0.05, 0.1) is 6.54 Å². The molecule has 3 heterocycles. The number of nitrogens with one attached hydrogen (secondary N) is 1. The molecule has 1 aliphatic rings. The Morgan fingerprint density at radius 2 is 1.90 bits per heavy atom. The van der Waals surface area contributed by atoms with Crippen molar-refractivity contribution in [1.29, 1.82) is 0 Å². The second-order valence-electron chi connectivity index (χ2n) is 7.59. The highest BCUT2D eigenvalue weighted by Gasteiger charge is 2.22. The van der Waals surface area contributed by atoms with Crippen LogP contribution in [0.2, 0.25) is 10.0 Å². The van der Waals surface area contributed by atoms with Crippen LogP contribution < -0.4 is 5.32 Å². The summed E-state index contributed by atoms with van der Waals surface area (Å²) >= 11 is 12.3. The van der Waals surface area contributed by atoms with Crippen LogP contribution in [-0.4, -0.2) is 14.2 Å². The zero-order valence-electron chi connectivity index (χ0n) is 16.3. The molecule has 5 rings (SSSR count). The Labute approximate surface area is 180 Å². The first-order chi connectivity index (χ1) is 14.1. The Hall–Kier alpha value is -2.43. The van der Waals surface area contributed by atoms with Crippen molar-refractivity contribution in [3.63, 3.8) is 0 Å². The van der Waals surface area contributed by atoms with Crippen molar-refractivity contribution in [3.05, 3.63) is 75.7 Å². The average molecular weight is 425 g/mol. The van der Waals surface area contributed by atoms with E-state index in [4.69, 9.17) is 28.3 Å². The van der Waals surface area contributed by atoms with Gasteiger partial charge in [0.15, 0.2) is 5.82 Å². The van der Waals surface area contributed by atoms with Crippen LogP contribution in [0.1, 0.15) is 29.8 Å². The first kappa shape index (κ1) is 18.6. The van der Waals surface area contributed by atoms with Gasteiger partial charge in [0.1, 0.15) is 5.65 Å². The lowest BCUT2D eigenvalue weighted by atomic mass is 10.0. The van der Waals surface area contributed by atoms with E-state index < -0.39 is 0 Å². The minimum absolute atomic E-state index is 0.665. The van der Waals surface area contributed by atoms with Crippen LogP contribution in [0.3, 0.4) is 0 Å².